The van der Waals surface area contributed by atoms with Crippen molar-refractivity contribution in [2.75, 3.05) is 19.6 Å². The minimum atomic E-state index is -0.776. The van der Waals surface area contributed by atoms with E-state index in [4.69, 9.17) is 23.1 Å². The molecule has 0 radical (unpaired) electrons. The van der Waals surface area contributed by atoms with Crippen LogP contribution in [0, 0.1) is 0 Å². The number of dihydropyridines is 1. The number of rotatable bonds is 7. The highest BCUT2D eigenvalue weighted by molar-refractivity contribution is 6.30. The molecule has 7 nitrogen and oxygen atoms in total. The molecule has 0 aromatic heterocycles. The number of imide groups is 1. The summed E-state index contributed by atoms with van der Waals surface area (Å²) in [5, 5.41) is 3.77. The molecule has 186 valence electrons. The zero-order valence-electron chi connectivity index (χ0n) is 18.5. The number of carbonyl (C=O) groups is 2. The van der Waals surface area contributed by atoms with Crippen LogP contribution in [0.2, 0.25) is 5.02 Å². The molecule has 0 unspecified atom stereocenters. The Bertz CT molecular complexity index is 863. The van der Waals surface area contributed by atoms with Crippen molar-refractivity contribution >= 4 is 60.6 Å². The number of hydrogen-bond donors (Lipinski definition) is 3. The van der Waals surface area contributed by atoms with Gasteiger partial charge < -0.3 is 16.8 Å². The monoisotopic (exact) mass is 539 g/mol. The largest absolute Gasteiger partial charge is 0.368 e. The fourth-order valence-corrected chi connectivity index (χ4v) is 4.15. The molecule has 2 aliphatic rings. The van der Waals surface area contributed by atoms with E-state index in [-0.39, 0.29) is 43.1 Å². The number of nitrogens with zero attached hydrogens (tertiary/aromatic N) is 2. The van der Waals surface area contributed by atoms with Gasteiger partial charge in [0, 0.05) is 18.1 Å². The Hall–Kier alpha value is -1.32. The maximum Gasteiger partial charge on any atom is 0.252 e. The fraction of sp³-hybridized carbons (Fsp3) is 0.455. The zero-order valence-corrected chi connectivity index (χ0v) is 21.7. The third-order valence-electron chi connectivity index (χ3n) is 5.47. The lowest BCUT2D eigenvalue weighted by atomic mass is 10.0. The van der Waals surface area contributed by atoms with Crippen LogP contribution >= 0.6 is 48.8 Å². The van der Waals surface area contributed by atoms with Crippen molar-refractivity contribution in [2.24, 2.45) is 11.5 Å². The Morgan fingerprint density at radius 3 is 2.61 bits per heavy atom. The molecule has 1 aromatic carbocycles. The molecular weight excluding hydrogens is 508 g/mol. The van der Waals surface area contributed by atoms with E-state index in [1.807, 2.05) is 30.4 Å². The lowest BCUT2D eigenvalue weighted by Crippen LogP contribution is -2.53. The fourth-order valence-electron chi connectivity index (χ4n) is 3.96. The number of halogens is 4. The summed E-state index contributed by atoms with van der Waals surface area (Å²) in [6.07, 6.45) is 7.81. The lowest BCUT2D eigenvalue weighted by molar-refractivity contribution is -0.146. The van der Waals surface area contributed by atoms with Gasteiger partial charge >= 0.3 is 0 Å². The Kier molecular flexibility index (Phi) is 14.2. The molecule has 3 rings (SSSR count). The summed E-state index contributed by atoms with van der Waals surface area (Å²) in [7, 11) is 0. The van der Waals surface area contributed by atoms with Gasteiger partial charge in [0.25, 0.3) is 11.8 Å². The van der Waals surface area contributed by atoms with Crippen LogP contribution in [0.4, 0.5) is 0 Å². The topological polar surface area (TPSA) is 105 Å². The van der Waals surface area contributed by atoms with E-state index in [0.717, 1.165) is 30.5 Å². The number of carbonyl (C=O) groups excluding carboxylic acids is 2. The van der Waals surface area contributed by atoms with Crippen molar-refractivity contribution in [3.63, 3.8) is 0 Å². The summed E-state index contributed by atoms with van der Waals surface area (Å²) in [6.45, 7) is 4.05. The number of allylic oxidation sites excluding steroid dienone is 2. The molecule has 0 bridgehead atoms. The summed E-state index contributed by atoms with van der Waals surface area (Å²) in [5.74, 6) is -0.179. The van der Waals surface area contributed by atoms with Crippen molar-refractivity contribution in [1.29, 1.82) is 0 Å². The van der Waals surface area contributed by atoms with Crippen molar-refractivity contribution in [1.82, 2.24) is 15.1 Å². The summed E-state index contributed by atoms with van der Waals surface area (Å²) < 4.78 is 0. The third kappa shape index (κ3) is 7.86. The molecule has 0 aliphatic carbocycles. The van der Waals surface area contributed by atoms with Crippen LogP contribution in [-0.2, 0) is 22.6 Å². The second kappa shape index (κ2) is 14.8. The molecule has 2 heterocycles. The van der Waals surface area contributed by atoms with Crippen molar-refractivity contribution < 1.29 is 9.59 Å². The summed E-state index contributed by atoms with van der Waals surface area (Å²) >= 11 is 6.22. The van der Waals surface area contributed by atoms with E-state index in [0.29, 0.717) is 36.9 Å². The number of nitrogens with one attached hydrogen (secondary N) is 1. The molecule has 0 spiro atoms. The number of amides is 2. The van der Waals surface area contributed by atoms with Gasteiger partial charge in [-0.1, -0.05) is 29.8 Å². The van der Waals surface area contributed by atoms with Gasteiger partial charge in [-0.3, -0.25) is 14.5 Å². The molecule has 2 aliphatic heterocycles. The molecule has 1 aromatic rings. The smallest absolute Gasteiger partial charge is 0.252 e. The molecule has 2 atom stereocenters. The zero-order chi connectivity index (χ0) is 21.7. The number of nitrogens with two attached hydrogens (primary N) is 2. The predicted molar refractivity (Wildman–Crippen MR) is 140 cm³/mol. The van der Waals surface area contributed by atoms with Gasteiger partial charge in [-0.15, -0.1) is 37.2 Å². The second-order valence-electron chi connectivity index (χ2n) is 7.74. The van der Waals surface area contributed by atoms with E-state index in [1.54, 1.807) is 13.0 Å². The third-order valence-corrected chi connectivity index (χ3v) is 5.70. The van der Waals surface area contributed by atoms with Crippen LogP contribution in [0.25, 0.3) is 0 Å². The molecule has 33 heavy (non-hydrogen) atoms. The van der Waals surface area contributed by atoms with Gasteiger partial charge in [0.15, 0.2) is 0 Å². The first-order valence-corrected chi connectivity index (χ1v) is 10.8. The van der Waals surface area contributed by atoms with Gasteiger partial charge in [-0.05, 0) is 68.6 Å². The average Bonchev–Trinajstić information content (AvgIpc) is 3.19. The molecular formula is C22H33Cl4N5O2. The molecule has 5 N–H and O–H groups in total. The first kappa shape index (κ1) is 31.7. The van der Waals surface area contributed by atoms with Gasteiger partial charge in [0.1, 0.15) is 5.82 Å². The van der Waals surface area contributed by atoms with Gasteiger partial charge in [0.05, 0.1) is 12.1 Å². The highest BCUT2D eigenvalue weighted by Crippen LogP contribution is 2.26. The second-order valence-corrected chi connectivity index (χ2v) is 8.18. The van der Waals surface area contributed by atoms with E-state index in [9.17, 15) is 9.59 Å². The Balaban J connectivity index is 0.00000341. The molecule has 1 fully saturated rings. The SMILES string of the molecule is C[C@H](N)C(=O)N(C(=O)[C@@H]1CCCN1Cc1cc(Cl)ccc1CCN)C1=CC=CCN1.Cl.Cl.Cl. The number of likely N-dealkylation sites (tertiary alicyclic amines) is 1. The predicted octanol–water partition coefficient (Wildman–Crippen LogP) is 2.77. The average molecular weight is 541 g/mol. The number of hydrogen-bond acceptors (Lipinski definition) is 6. The van der Waals surface area contributed by atoms with Crippen molar-refractivity contribution in [3.8, 4) is 0 Å². The van der Waals surface area contributed by atoms with E-state index in [1.165, 1.54) is 4.90 Å². The lowest BCUT2D eigenvalue weighted by Gasteiger charge is -2.32. The molecule has 1 saturated heterocycles. The van der Waals surface area contributed by atoms with E-state index >= 15 is 0 Å². The van der Waals surface area contributed by atoms with Crippen LogP contribution in [0.5, 0.6) is 0 Å². The van der Waals surface area contributed by atoms with Crippen LogP contribution in [-0.4, -0.2) is 53.3 Å². The Morgan fingerprint density at radius 1 is 1.27 bits per heavy atom. The van der Waals surface area contributed by atoms with Crippen molar-refractivity contribution in [3.05, 3.63) is 58.4 Å². The molecule has 0 saturated carbocycles. The van der Waals surface area contributed by atoms with Crippen LogP contribution in [0.1, 0.15) is 30.9 Å². The Labute approximate surface area is 219 Å². The van der Waals surface area contributed by atoms with E-state index < -0.39 is 18.0 Å². The maximum absolute atomic E-state index is 13.5. The van der Waals surface area contributed by atoms with Gasteiger partial charge in [-0.25, -0.2) is 4.90 Å². The quantitative estimate of drug-likeness (QED) is 0.491. The highest BCUT2D eigenvalue weighted by atomic mass is 35.5. The first-order valence-electron chi connectivity index (χ1n) is 10.4. The van der Waals surface area contributed by atoms with Crippen LogP contribution < -0.4 is 16.8 Å². The van der Waals surface area contributed by atoms with Gasteiger partial charge in [-0.2, -0.15) is 0 Å². The highest BCUT2D eigenvalue weighted by Gasteiger charge is 2.38. The van der Waals surface area contributed by atoms with Crippen molar-refractivity contribution in [2.45, 2.75) is 44.8 Å². The van der Waals surface area contributed by atoms with Crippen LogP contribution in [0.15, 0.2) is 42.2 Å². The summed E-state index contributed by atoms with van der Waals surface area (Å²) in [4.78, 5) is 29.7. The van der Waals surface area contributed by atoms with E-state index in [2.05, 4.69) is 10.2 Å². The maximum atomic E-state index is 13.5. The number of benzene rings is 1. The standard InChI is InChI=1S/C22H30ClN5O2.3ClH/c1-15(25)21(29)28(20-6-2-3-11-26-20)22(30)19-5-4-12-27(19)14-17-13-18(23)8-7-16(17)9-10-24;;;/h2-3,6-8,13,15,19,26H,4-5,9-12,14,24-25H2,1H3;3*1H/t15-,19-;;;/m0.../s1. The Morgan fingerprint density at radius 2 is 2.00 bits per heavy atom. The molecule has 2 amide bonds. The van der Waals surface area contributed by atoms with Crippen LogP contribution in [0.3, 0.4) is 0 Å². The minimum absolute atomic E-state index is 0. The summed E-state index contributed by atoms with van der Waals surface area (Å²) in [6, 6.07) is 4.62. The molecule has 11 heteroatoms. The van der Waals surface area contributed by atoms with Gasteiger partial charge in [0.2, 0.25) is 0 Å². The summed E-state index contributed by atoms with van der Waals surface area (Å²) in [5.41, 5.74) is 13.8. The normalized spacial score (nSPS) is 18.1. The minimum Gasteiger partial charge on any atom is -0.368 e. The first-order chi connectivity index (χ1) is 14.4.